The van der Waals surface area contributed by atoms with Crippen LogP contribution in [0.1, 0.15) is 64.2 Å². The minimum absolute atomic E-state index is 0.477. The first-order chi connectivity index (χ1) is 8.89. The maximum atomic E-state index is 5.89. The number of hydrogen-bond acceptors (Lipinski definition) is 2. The highest BCUT2D eigenvalue weighted by molar-refractivity contribution is 4.93. The van der Waals surface area contributed by atoms with Gasteiger partial charge >= 0.3 is 0 Å². The molecule has 3 rings (SSSR count). The van der Waals surface area contributed by atoms with Gasteiger partial charge in [-0.2, -0.15) is 0 Å². The van der Waals surface area contributed by atoms with Crippen LogP contribution < -0.4 is 5.32 Å². The third kappa shape index (κ3) is 3.08. The monoisotopic (exact) mass is 251 g/mol. The van der Waals surface area contributed by atoms with E-state index in [0.29, 0.717) is 5.41 Å². The van der Waals surface area contributed by atoms with E-state index >= 15 is 0 Å². The van der Waals surface area contributed by atoms with Crippen LogP contribution in [0.3, 0.4) is 0 Å². The summed E-state index contributed by atoms with van der Waals surface area (Å²) < 4.78 is 5.89. The molecular weight excluding hydrogens is 222 g/mol. The van der Waals surface area contributed by atoms with E-state index in [1.54, 1.807) is 0 Å². The lowest BCUT2D eigenvalue weighted by Gasteiger charge is -2.43. The summed E-state index contributed by atoms with van der Waals surface area (Å²) in [5, 5.41) is 3.80. The van der Waals surface area contributed by atoms with E-state index < -0.39 is 0 Å². The van der Waals surface area contributed by atoms with Crippen molar-refractivity contribution in [3.63, 3.8) is 0 Å². The largest absolute Gasteiger partial charge is 0.381 e. The summed E-state index contributed by atoms with van der Waals surface area (Å²) in [5.74, 6) is 0.923. The molecule has 0 aromatic carbocycles. The molecule has 1 aliphatic heterocycles. The smallest absolute Gasteiger partial charge is 0.0537 e. The van der Waals surface area contributed by atoms with Gasteiger partial charge in [-0.15, -0.1) is 0 Å². The molecule has 1 saturated heterocycles. The SMILES string of the molecule is C1CCCC(C2(CNC3CC3)CCCOC2)CC1. The summed E-state index contributed by atoms with van der Waals surface area (Å²) in [6.07, 6.45) is 14.2. The highest BCUT2D eigenvalue weighted by Crippen LogP contribution is 2.43. The van der Waals surface area contributed by atoms with E-state index in [4.69, 9.17) is 4.74 Å². The standard InChI is InChI=1S/C16H29NO/c1-2-4-7-14(6-3-1)16(10-5-11-18-13-16)12-17-15-8-9-15/h14-15,17H,1-13H2. The minimum atomic E-state index is 0.477. The maximum Gasteiger partial charge on any atom is 0.0537 e. The molecule has 2 aliphatic carbocycles. The third-order valence-corrected chi connectivity index (χ3v) is 5.39. The zero-order chi connectivity index (χ0) is 12.3. The Balaban J connectivity index is 1.65. The molecule has 0 aromatic rings. The Morgan fingerprint density at radius 2 is 1.72 bits per heavy atom. The summed E-state index contributed by atoms with van der Waals surface area (Å²) >= 11 is 0. The molecule has 2 saturated carbocycles. The van der Waals surface area contributed by atoms with Crippen molar-refractivity contribution < 1.29 is 4.74 Å². The van der Waals surface area contributed by atoms with Crippen molar-refractivity contribution in [2.24, 2.45) is 11.3 Å². The van der Waals surface area contributed by atoms with Crippen molar-refractivity contribution in [3.05, 3.63) is 0 Å². The van der Waals surface area contributed by atoms with Crippen molar-refractivity contribution >= 4 is 0 Å². The first-order valence-electron chi connectivity index (χ1n) is 8.20. The van der Waals surface area contributed by atoms with Gasteiger partial charge in [0.1, 0.15) is 0 Å². The third-order valence-electron chi connectivity index (χ3n) is 5.39. The van der Waals surface area contributed by atoms with E-state index in [9.17, 15) is 0 Å². The van der Waals surface area contributed by atoms with Gasteiger partial charge < -0.3 is 10.1 Å². The molecule has 3 fully saturated rings. The Labute approximate surface area is 112 Å². The van der Waals surface area contributed by atoms with Gasteiger partial charge in [0.15, 0.2) is 0 Å². The summed E-state index contributed by atoms with van der Waals surface area (Å²) in [6, 6.07) is 0.842. The van der Waals surface area contributed by atoms with Crippen LogP contribution in [-0.2, 0) is 4.74 Å². The van der Waals surface area contributed by atoms with Gasteiger partial charge in [-0.1, -0.05) is 25.7 Å². The Kier molecular flexibility index (Phi) is 4.25. The fraction of sp³-hybridized carbons (Fsp3) is 1.00. The predicted octanol–water partition coefficient (Wildman–Crippen LogP) is 3.51. The molecule has 0 aromatic heterocycles. The zero-order valence-electron chi connectivity index (χ0n) is 11.8. The molecule has 1 N–H and O–H groups in total. The van der Waals surface area contributed by atoms with E-state index in [1.807, 2.05) is 0 Å². The van der Waals surface area contributed by atoms with E-state index in [2.05, 4.69) is 5.32 Å². The van der Waals surface area contributed by atoms with Crippen molar-refractivity contribution in [2.45, 2.75) is 70.3 Å². The van der Waals surface area contributed by atoms with Gasteiger partial charge in [0.2, 0.25) is 0 Å². The quantitative estimate of drug-likeness (QED) is 0.772. The predicted molar refractivity (Wildman–Crippen MR) is 74.7 cm³/mol. The van der Waals surface area contributed by atoms with Crippen LogP contribution in [0.4, 0.5) is 0 Å². The molecule has 1 atom stereocenters. The maximum absolute atomic E-state index is 5.89. The van der Waals surface area contributed by atoms with Gasteiger partial charge in [-0.05, 0) is 44.4 Å². The van der Waals surface area contributed by atoms with Crippen molar-refractivity contribution in [1.29, 1.82) is 0 Å². The average molecular weight is 251 g/mol. The van der Waals surface area contributed by atoms with Crippen LogP contribution in [0.2, 0.25) is 0 Å². The molecule has 104 valence electrons. The lowest BCUT2D eigenvalue weighted by Crippen LogP contribution is -2.47. The van der Waals surface area contributed by atoms with Crippen molar-refractivity contribution in [3.8, 4) is 0 Å². The molecule has 2 nitrogen and oxygen atoms in total. The Bertz CT molecular complexity index is 248. The van der Waals surface area contributed by atoms with Gasteiger partial charge in [0.25, 0.3) is 0 Å². The fourth-order valence-electron chi connectivity index (χ4n) is 4.01. The number of nitrogens with one attached hydrogen (secondary N) is 1. The molecule has 18 heavy (non-hydrogen) atoms. The highest BCUT2D eigenvalue weighted by Gasteiger charge is 2.41. The normalized spacial score (nSPS) is 35.3. The highest BCUT2D eigenvalue weighted by atomic mass is 16.5. The van der Waals surface area contributed by atoms with Crippen LogP contribution in [0.5, 0.6) is 0 Å². The molecule has 2 heteroatoms. The zero-order valence-corrected chi connectivity index (χ0v) is 11.8. The van der Waals surface area contributed by atoms with Crippen molar-refractivity contribution in [2.75, 3.05) is 19.8 Å². The molecule has 0 amide bonds. The van der Waals surface area contributed by atoms with Gasteiger partial charge in [0, 0.05) is 24.6 Å². The number of hydrogen-bond donors (Lipinski definition) is 1. The topological polar surface area (TPSA) is 21.3 Å². The van der Waals surface area contributed by atoms with Crippen LogP contribution in [0.25, 0.3) is 0 Å². The van der Waals surface area contributed by atoms with Crippen LogP contribution in [0.15, 0.2) is 0 Å². The second kappa shape index (κ2) is 5.92. The Hall–Kier alpha value is -0.0800. The number of ether oxygens (including phenoxy) is 1. The first-order valence-corrected chi connectivity index (χ1v) is 8.20. The van der Waals surface area contributed by atoms with Gasteiger partial charge in [0.05, 0.1) is 6.61 Å². The van der Waals surface area contributed by atoms with Gasteiger partial charge in [-0.25, -0.2) is 0 Å². The molecule has 1 unspecified atom stereocenters. The fourth-order valence-corrected chi connectivity index (χ4v) is 4.01. The lowest BCUT2D eigenvalue weighted by molar-refractivity contribution is -0.0459. The van der Waals surface area contributed by atoms with E-state index in [0.717, 1.165) is 25.2 Å². The van der Waals surface area contributed by atoms with Crippen molar-refractivity contribution in [1.82, 2.24) is 5.32 Å². The lowest BCUT2D eigenvalue weighted by atomic mass is 9.68. The molecule has 3 aliphatic rings. The molecular formula is C16H29NO. The van der Waals surface area contributed by atoms with E-state index in [1.165, 1.54) is 70.8 Å². The molecule has 0 bridgehead atoms. The molecule has 0 radical (unpaired) electrons. The molecule has 0 spiro atoms. The Morgan fingerprint density at radius 3 is 2.33 bits per heavy atom. The first kappa shape index (κ1) is 12.9. The van der Waals surface area contributed by atoms with Gasteiger partial charge in [-0.3, -0.25) is 0 Å². The van der Waals surface area contributed by atoms with E-state index in [-0.39, 0.29) is 0 Å². The van der Waals surface area contributed by atoms with Crippen LogP contribution in [0, 0.1) is 11.3 Å². The summed E-state index contributed by atoms with van der Waals surface area (Å²) in [4.78, 5) is 0. The number of rotatable bonds is 4. The summed E-state index contributed by atoms with van der Waals surface area (Å²) in [6.45, 7) is 3.25. The van der Waals surface area contributed by atoms with Crippen LogP contribution in [-0.4, -0.2) is 25.8 Å². The Morgan fingerprint density at radius 1 is 0.944 bits per heavy atom. The second-order valence-electron chi connectivity index (χ2n) is 6.86. The van der Waals surface area contributed by atoms with Crippen LogP contribution >= 0.6 is 0 Å². The minimum Gasteiger partial charge on any atom is -0.381 e. The second-order valence-corrected chi connectivity index (χ2v) is 6.86. The molecule has 1 heterocycles. The summed E-state index contributed by atoms with van der Waals surface area (Å²) in [5.41, 5.74) is 0.477. The summed E-state index contributed by atoms with van der Waals surface area (Å²) in [7, 11) is 0. The average Bonchev–Trinajstić information content (AvgIpc) is 3.24.